The van der Waals surface area contributed by atoms with Crippen molar-refractivity contribution in [2.75, 3.05) is 26.6 Å². The quantitative estimate of drug-likeness (QED) is 0.862. The molecule has 1 saturated carbocycles. The highest BCUT2D eigenvalue weighted by atomic mass is 16.5. The SMILES string of the molecule is COCC1(n2cc(-c3cccc(N)c3OC)cn2)CCCC1. The molecule has 1 aromatic carbocycles. The van der Waals surface area contributed by atoms with Crippen LogP contribution in [0.2, 0.25) is 0 Å². The fourth-order valence-electron chi connectivity index (χ4n) is 3.47. The molecule has 0 radical (unpaired) electrons. The number of rotatable bonds is 5. The van der Waals surface area contributed by atoms with Gasteiger partial charge in [-0.3, -0.25) is 4.68 Å². The first-order valence-corrected chi connectivity index (χ1v) is 7.67. The first kappa shape index (κ1) is 14.9. The molecule has 0 amide bonds. The van der Waals surface area contributed by atoms with Crippen LogP contribution < -0.4 is 10.5 Å². The molecule has 0 bridgehead atoms. The maximum absolute atomic E-state index is 6.00. The molecule has 5 nitrogen and oxygen atoms in total. The lowest BCUT2D eigenvalue weighted by atomic mass is 9.99. The summed E-state index contributed by atoms with van der Waals surface area (Å²) in [6.45, 7) is 0.697. The van der Waals surface area contributed by atoms with Gasteiger partial charge in [0.15, 0.2) is 0 Å². The molecular weight excluding hydrogens is 278 g/mol. The smallest absolute Gasteiger partial charge is 0.149 e. The summed E-state index contributed by atoms with van der Waals surface area (Å²) in [6.07, 6.45) is 8.63. The first-order valence-electron chi connectivity index (χ1n) is 7.67. The molecule has 22 heavy (non-hydrogen) atoms. The molecule has 5 heteroatoms. The van der Waals surface area contributed by atoms with Gasteiger partial charge in [-0.2, -0.15) is 5.10 Å². The van der Waals surface area contributed by atoms with Gasteiger partial charge in [0.1, 0.15) is 5.75 Å². The van der Waals surface area contributed by atoms with Crippen LogP contribution in [0, 0.1) is 0 Å². The molecule has 1 aliphatic rings. The average molecular weight is 301 g/mol. The van der Waals surface area contributed by atoms with Crippen molar-refractivity contribution in [3.05, 3.63) is 30.6 Å². The van der Waals surface area contributed by atoms with Crippen LogP contribution in [0.4, 0.5) is 5.69 Å². The van der Waals surface area contributed by atoms with Gasteiger partial charge in [0.2, 0.25) is 0 Å². The van der Waals surface area contributed by atoms with Crippen molar-refractivity contribution >= 4 is 5.69 Å². The van der Waals surface area contributed by atoms with Gasteiger partial charge in [0, 0.05) is 24.4 Å². The van der Waals surface area contributed by atoms with Gasteiger partial charge < -0.3 is 15.2 Å². The van der Waals surface area contributed by atoms with Crippen LogP contribution in [-0.2, 0) is 10.3 Å². The molecule has 1 aromatic heterocycles. The van der Waals surface area contributed by atoms with Crippen LogP contribution in [0.25, 0.3) is 11.1 Å². The minimum Gasteiger partial charge on any atom is -0.494 e. The Hall–Kier alpha value is -2.01. The van der Waals surface area contributed by atoms with Crippen LogP contribution in [0.3, 0.4) is 0 Å². The Morgan fingerprint density at radius 2 is 2.05 bits per heavy atom. The maximum atomic E-state index is 6.00. The van der Waals surface area contributed by atoms with E-state index in [4.69, 9.17) is 15.2 Å². The molecule has 2 N–H and O–H groups in total. The summed E-state index contributed by atoms with van der Waals surface area (Å²) >= 11 is 0. The summed E-state index contributed by atoms with van der Waals surface area (Å²) in [5.41, 5.74) is 8.62. The predicted molar refractivity (Wildman–Crippen MR) is 86.9 cm³/mol. The number of anilines is 1. The van der Waals surface area contributed by atoms with E-state index >= 15 is 0 Å². The number of ether oxygens (including phenoxy) is 2. The molecule has 0 aliphatic heterocycles. The number of nitrogen functional groups attached to an aromatic ring is 1. The minimum atomic E-state index is -0.0133. The van der Waals surface area contributed by atoms with Gasteiger partial charge >= 0.3 is 0 Å². The van der Waals surface area contributed by atoms with E-state index in [1.165, 1.54) is 12.8 Å². The molecule has 1 aliphatic carbocycles. The van der Waals surface area contributed by atoms with Crippen molar-refractivity contribution < 1.29 is 9.47 Å². The lowest BCUT2D eigenvalue weighted by molar-refractivity contribution is 0.0809. The van der Waals surface area contributed by atoms with Crippen molar-refractivity contribution in [3.63, 3.8) is 0 Å². The first-order chi connectivity index (χ1) is 10.7. The van der Waals surface area contributed by atoms with Crippen molar-refractivity contribution in [2.45, 2.75) is 31.2 Å². The standard InChI is InChI=1S/C17H23N3O2/c1-21-12-17(8-3-4-9-17)20-11-13(10-19-20)14-6-5-7-15(18)16(14)22-2/h5-7,10-11H,3-4,8-9,12,18H2,1-2H3. The Labute approximate surface area is 131 Å². The number of para-hydroxylation sites is 1. The second-order valence-corrected chi connectivity index (χ2v) is 5.97. The van der Waals surface area contributed by atoms with Crippen molar-refractivity contribution in [3.8, 4) is 16.9 Å². The number of nitrogens with two attached hydrogens (primary N) is 1. The molecule has 0 spiro atoms. The normalized spacial score (nSPS) is 16.8. The number of nitrogens with zero attached hydrogens (tertiary/aromatic N) is 2. The summed E-state index contributed by atoms with van der Waals surface area (Å²) in [5.74, 6) is 0.703. The summed E-state index contributed by atoms with van der Waals surface area (Å²) < 4.78 is 13.0. The van der Waals surface area contributed by atoms with Crippen LogP contribution in [0.15, 0.2) is 30.6 Å². The van der Waals surface area contributed by atoms with Gasteiger partial charge in [0.05, 0.1) is 31.1 Å². The van der Waals surface area contributed by atoms with Gasteiger partial charge in [-0.25, -0.2) is 0 Å². The van der Waals surface area contributed by atoms with Gasteiger partial charge in [0.25, 0.3) is 0 Å². The molecule has 118 valence electrons. The zero-order chi connectivity index (χ0) is 15.6. The molecule has 2 aromatic rings. The Balaban J connectivity index is 1.99. The van der Waals surface area contributed by atoms with E-state index in [1.54, 1.807) is 14.2 Å². The highest BCUT2D eigenvalue weighted by molar-refractivity contribution is 5.76. The molecule has 3 rings (SSSR count). The summed E-state index contributed by atoms with van der Waals surface area (Å²) in [7, 11) is 3.40. The summed E-state index contributed by atoms with van der Waals surface area (Å²) in [6, 6.07) is 5.79. The van der Waals surface area contributed by atoms with Crippen molar-refractivity contribution in [2.24, 2.45) is 0 Å². The third kappa shape index (κ3) is 2.46. The van der Waals surface area contributed by atoms with Crippen LogP contribution in [-0.4, -0.2) is 30.6 Å². The Morgan fingerprint density at radius 3 is 2.73 bits per heavy atom. The van der Waals surface area contributed by atoms with E-state index in [2.05, 4.69) is 16.0 Å². The zero-order valence-electron chi connectivity index (χ0n) is 13.2. The molecule has 0 atom stereocenters. The number of hydrogen-bond donors (Lipinski definition) is 1. The van der Waals surface area contributed by atoms with Crippen molar-refractivity contribution in [1.82, 2.24) is 9.78 Å². The van der Waals surface area contributed by atoms with Gasteiger partial charge in [-0.15, -0.1) is 0 Å². The average Bonchev–Trinajstić information content (AvgIpc) is 3.17. The van der Waals surface area contributed by atoms with E-state index in [9.17, 15) is 0 Å². The fraction of sp³-hybridized carbons (Fsp3) is 0.471. The molecule has 0 unspecified atom stereocenters. The summed E-state index contributed by atoms with van der Waals surface area (Å²) in [4.78, 5) is 0. The molecule has 1 fully saturated rings. The topological polar surface area (TPSA) is 62.3 Å². The predicted octanol–water partition coefficient (Wildman–Crippen LogP) is 3.06. The third-order valence-electron chi connectivity index (χ3n) is 4.58. The number of benzene rings is 1. The number of methoxy groups -OCH3 is 2. The van der Waals surface area contributed by atoms with Crippen LogP contribution in [0.5, 0.6) is 5.75 Å². The van der Waals surface area contributed by atoms with Gasteiger partial charge in [-0.05, 0) is 18.9 Å². The Morgan fingerprint density at radius 1 is 1.27 bits per heavy atom. The maximum Gasteiger partial charge on any atom is 0.149 e. The van der Waals surface area contributed by atoms with E-state index in [0.29, 0.717) is 18.0 Å². The minimum absolute atomic E-state index is 0.0133. The summed E-state index contributed by atoms with van der Waals surface area (Å²) in [5, 5.41) is 4.61. The largest absolute Gasteiger partial charge is 0.494 e. The highest BCUT2D eigenvalue weighted by Gasteiger charge is 2.36. The number of aromatic nitrogens is 2. The van der Waals surface area contributed by atoms with Crippen molar-refractivity contribution in [1.29, 1.82) is 0 Å². The highest BCUT2D eigenvalue weighted by Crippen LogP contribution is 2.39. The second kappa shape index (κ2) is 6.01. The lowest BCUT2D eigenvalue weighted by Gasteiger charge is -2.28. The molecule has 1 heterocycles. The van der Waals surface area contributed by atoms with Gasteiger partial charge in [-0.1, -0.05) is 25.0 Å². The Bertz CT molecular complexity index is 645. The third-order valence-corrected chi connectivity index (χ3v) is 4.58. The second-order valence-electron chi connectivity index (χ2n) is 5.97. The van der Waals surface area contributed by atoms with E-state index < -0.39 is 0 Å². The van der Waals surface area contributed by atoms with E-state index in [1.807, 2.05) is 24.4 Å². The van der Waals surface area contributed by atoms with Crippen LogP contribution >= 0.6 is 0 Å². The Kier molecular flexibility index (Phi) is 4.07. The van der Waals surface area contributed by atoms with Crippen LogP contribution in [0.1, 0.15) is 25.7 Å². The zero-order valence-corrected chi connectivity index (χ0v) is 13.2. The van der Waals surface area contributed by atoms with E-state index in [-0.39, 0.29) is 5.54 Å². The number of hydrogen-bond acceptors (Lipinski definition) is 4. The lowest BCUT2D eigenvalue weighted by Crippen LogP contribution is -2.35. The molecule has 0 saturated heterocycles. The molecular formula is C17H23N3O2. The fourth-order valence-corrected chi connectivity index (χ4v) is 3.47. The van der Waals surface area contributed by atoms with E-state index in [0.717, 1.165) is 24.0 Å². The monoisotopic (exact) mass is 301 g/mol.